The molecule has 1 aromatic carbocycles. The maximum Gasteiger partial charge on any atom is 0.0295 e. The zero-order valence-corrected chi connectivity index (χ0v) is 17.3. The zero-order chi connectivity index (χ0) is 17.8. The van der Waals surface area contributed by atoms with Gasteiger partial charge in [0.2, 0.25) is 0 Å². The Bertz CT molecular complexity index is 539. The summed E-state index contributed by atoms with van der Waals surface area (Å²) in [4.78, 5) is 1.48. The third kappa shape index (κ3) is 4.17. The Kier molecular flexibility index (Phi) is 6.64. The summed E-state index contributed by atoms with van der Waals surface area (Å²) in [6, 6.07) is 5.24. The molecule has 1 nitrogen and oxygen atoms in total. The predicted molar refractivity (Wildman–Crippen MR) is 114 cm³/mol. The van der Waals surface area contributed by atoms with Crippen molar-refractivity contribution in [1.82, 2.24) is 0 Å². The van der Waals surface area contributed by atoms with Crippen LogP contribution in [0.1, 0.15) is 131 Å². The molecule has 3 saturated carbocycles. The second kappa shape index (κ2) is 9.15. The molecule has 3 fully saturated rings. The van der Waals surface area contributed by atoms with Crippen LogP contribution in [0.5, 0.6) is 0 Å². The molecule has 0 amide bonds. The standard InChI is InChI=1S/C24H37NS/c25-26-24-22(19-12-6-2-7-13-19)16-21(18-10-4-1-5-11-18)17-23(24)20-14-8-3-9-15-20/h16-20H,1-15,25H2. The van der Waals surface area contributed by atoms with Crippen LogP contribution in [0.15, 0.2) is 17.0 Å². The molecule has 0 bridgehead atoms. The van der Waals surface area contributed by atoms with Crippen molar-refractivity contribution in [3.8, 4) is 0 Å². The van der Waals surface area contributed by atoms with Crippen LogP contribution in [0, 0.1) is 0 Å². The Labute approximate surface area is 165 Å². The topological polar surface area (TPSA) is 26.0 Å². The average Bonchev–Trinajstić information content (AvgIpc) is 2.74. The van der Waals surface area contributed by atoms with Crippen LogP contribution < -0.4 is 5.14 Å². The zero-order valence-electron chi connectivity index (χ0n) is 16.5. The van der Waals surface area contributed by atoms with Gasteiger partial charge >= 0.3 is 0 Å². The van der Waals surface area contributed by atoms with Crippen molar-refractivity contribution >= 4 is 11.9 Å². The van der Waals surface area contributed by atoms with Crippen molar-refractivity contribution in [3.63, 3.8) is 0 Å². The minimum Gasteiger partial charge on any atom is -0.274 e. The third-order valence-electron chi connectivity index (χ3n) is 7.45. The van der Waals surface area contributed by atoms with Gasteiger partial charge in [0.25, 0.3) is 0 Å². The van der Waals surface area contributed by atoms with E-state index in [1.807, 2.05) is 0 Å². The lowest BCUT2D eigenvalue weighted by atomic mass is 9.76. The van der Waals surface area contributed by atoms with E-state index in [-0.39, 0.29) is 0 Å². The summed E-state index contributed by atoms with van der Waals surface area (Å²) in [6.07, 6.45) is 21.1. The molecule has 0 saturated heterocycles. The maximum absolute atomic E-state index is 6.31. The fourth-order valence-electron chi connectivity index (χ4n) is 5.94. The van der Waals surface area contributed by atoms with E-state index in [9.17, 15) is 0 Å². The van der Waals surface area contributed by atoms with Crippen LogP contribution in [0.3, 0.4) is 0 Å². The van der Waals surface area contributed by atoms with Gasteiger partial charge < -0.3 is 0 Å². The lowest BCUT2D eigenvalue weighted by molar-refractivity contribution is 0.420. The summed E-state index contributed by atoms with van der Waals surface area (Å²) in [5.74, 6) is 2.34. The van der Waals surface area contributed by atoms with Gasteiger partial charge in [-0.1, -0.05) is 69.9 Å². The van der Waals surface area contributed by atoms with Crippen LogP contribution in [0.4, 0.5) is 0 Å². The molecule has 2 N–H and O–H groups in total. The van der Waals surface area contributed by atoms with Crippen molar-refractivity contribution in [1.29, 1.82) is 0 Å². The Morgan fingerprint density at radius 3 is 1.35 bits per heavy atom. The quantitative estimate of drug-likeness (QED) is 0.546. The van der Waals surface area contributed by atoms with Crippen molar-refractivity contribution in [2.75, 3.05) is 0 Å². The molecule has 0 aliphatic heterocycles. The van der Waals surface area contributed by atoms with Crippen molar-refractivity contribution in [2.24, 2.45) is 5.14 Å². The van der Waals surface area contributed by atoms with Gasteiger partial charge in [-0.05, 0) is 84.9 Å². The Balaban J connectivity index is 1.73. The highest BCUT2D eigenvalue weighted by Gasteiger charge is 2.27. The van der Waals surface area contributed by atoms with Gasteiger partial charge in [-0.2, -0.15) is 0 Å². The monoisotopic (exact) mass is 371 g/mol. The van der Waals surface area contributed by atoms with E-state index >= 15 is 0 Å². The Hall–Kier alpha value is -0.470. The summed E-state index contributed by atoms with van der Waals surface area (Å²) in [6.45, 7) is 0. The molecule has 2 heteroatoms. The molecule has 26 heavy (non-hydrogen) atoms. The summed E-state index contributed by atoms with van der Waals surface area (Å²) < 4.78 is 0. The largest absolute Gasteiger partial charge is 0.274 e. The Morgan fingerprint density at radius 1 is 0.577 bits per heavy atom. The lowest BCUT2D eigenvalue weighted by Crippen LogP contribution is -2.14. The first-order valence-electron chi connectivity index (χ1n) is 11.4. The van der Waals surface area contributed by atoms with Gasteiger partial charge in [0.15, 0.2) is 0 Å². The third-order valence-corrected chi connectivity index (χ3v) is 8.16. The van der Waals surface area contributed by atoms with Gasteiger partial charge in [0, 0.05) is 4.90 Å². The number of hydrogen-bond acceptors (Lipinski definition) is 2. The number of rotatable bonds is 4. The van der Waals surface area contributed by atoms with E-state index < -0.39 is 0 Å². The van der Waals surface area contributed by atoms with Crippen LogP contribution in [0.2, 0.25) is 0 Å². The summed E-state index contributed by atoms with van der Waals surface area (Å²) >= 11 is 1.56. The van der Waals surface area contributed by atoms with E-state index in [1.54, 1.807) is 28.6 Å². The van der Waals surface area contributed by atoms with Gasteiger partial charge in [0.1, 0.15) is 0 Å². The molecule has 4 rings (SSSR count). The van der Waals surface area contributed by atoms with Crippen molar-refractivity contribution < 1.29 is 0 Å². The fraction of sp³-hybridized carbons (Fsp3) is 0.750. The molecule has 0 heterocycles. The van der Waals surface area contributed by atoms with Crippen LogP contribution in [-0.4, -0.2) is 0 Å². The van der Waals surface area contributed by atoms with Crippen LogP contribution in [-0.2, 0) is 0 Å². The fourth-order valence-corrected chi connectivity index (χ4v) is 6.66. The molecule has 1 aromatic rings. The average molecular weight is 372 g/mol. The van der Waals surface area contributed by atoms with E-state index in [0.717, 1.165) is 17.8 Å². The smallest absolute Gasteiger partial charge is 0.0295 e. The minimum atomic E-state index is 0.765. The molecule has 0 spiro atoms. The molecule has 0 unspecified atom stereocenters. The number of hydrogen-bond donors (Lipinski definition) is 1. The predicted octanol–water partition coefficient (Wildman–Crippen LogP) is 7.80. The highest BCUT2D eigenvalue weighted by molar-refractivity contribution is 7.97. The summed E-state index contributed by atoms with van der Waals surface area (Å²) in [5.41, 5.74) is 4.95. The summed E-state index contributed by atoms with van der Waals surface area (Å²) in [7, 11) is 0. The van der Waals surface area contributed by atoms with Crippen LogP contribution >= 0.6 is 11.9 Å². The number of benzene rings is 1. The van der Waals surface area contributed by atoms with Gasteiger partial charge in [-0.3, -0.25) is 5.14 Å². The molecule has 0 radical (unpaired) electrons. The van der Waals surface area contributed by atoms with Gasteiger partial charge in [-0.25, -0.2) is 0 Å². The normalized spacial score (nSPS) is 24.0. The van der Waals surface area contributed by atoms with E-state index in [1.165, 1.54) is 101 Å². The second-order valence-corrected chi connectivity index (χ2v) is 9.80. The second-order valence-electron chi connectivity index (χ2n) is 9.15. The first-order chi connectivity index (χ1) is 12.9. The van der Waals surface area contributed by atoms with E-state index in [0.29, 0.717) is 0 Å². The summed E-state index contributed by atoms with van der Waals surface area (Å²) in [5, 5.41) is 6.31. The lowest BCUT2D eigenvalue weighted by Gasteiger charge is -2.31. The molecule has 0 aromatic heterocycles. The molecule has 144 valence electrons. The number of nitrogens with two attached hydrogens (primary N) is 1. The first kappa shape index (κ1) is 18.9. The van der Waals surface area contributed by atoms with Gasteiger partial charge in [-0.15, -0.1) is 0 Å². The first-order valence-corrected chi connectivity index (χ1v) is 12.3. The Morgan fingerprint density at radius 2 is 0.962 bits per heavy atom. The van der Waals surface area contributed by atoms with Crippen molar-refractivity contribution in [2.45, 2.75) is 119 Å². The molecular weight excluding hydrogens is 334 g/mol. The maximum atomic E-state index is 6.31. The highest BCUT2D eigenvalue weighted by Crippen LogP contribution is 2.46. The minimum absolute atomic E-state index is 0.765. The van der Waals surface area contributed by atoms with E-state index in [4.69, 9.17) is 5.14 Å². The van der Waals surface area contributed by atoms with Crippen molar-refractivity contribution in [3.05, 3.63) is 28.8 Å². The molecular formula is C24H37NS. The molecule has 3 aliphatic rings. The highest BCUT2D eigenvalue weighted by atomic mass is 32.2. The van der Waals surface area contributed by atoms with Crippen LogP contribution in [0.25, 0.3) is 0 Å². The molecule has 3 aliphatic carbocycles. The SMILES string of the molecule is NSc1c(C2CCCCC2)cc(C2CCCCC2)cc1C1CCCCC1. The molecule has 0 atom stereocenters. The van der Waals surface area contributed by atoms with E-state index in [2.05, 4.69) is 12.1 Å². The van der Waals surface area contributed by atoms with Gasteiger partial charge in [0.05, 0.1) is 0 Å².